The summed E-state index contributed by atoms with van der Waals surface area (Å²) < 4.78 is 27.9. The Labute approximate surface area is 195 Å². The Morgan fingerprint density at radius 1 is 1.21 bits per heavy atom. The second kappa shape index (κ2) is 7.81. The van der Waals surface area contributed by atoms with Crippen LogP contribution in [0.1, 0.15) is 49.6 Å². The smallest absolute Gasteiger partial charge is 0.339 e. The number of nitrogens with one attached hydrogen (secondary N) is 1. The normalized spacial score (nSPS) is 20.5. The van der Waals surface area contributed by atoms with E-state index in [0.29, 0.717) is 34.1 Å². The van der Waals surface area contributed by atoms with Crippen molar-refractivity contribution < 1.29 is 33.0 Å². The predicted octanol–water partition coefficient (Wildman–Crippen LogP) is 3.71. The molecule has 0 spiro atoms. The molecule has 3 aromatic rings. The van der Waals surface area contributed by atoms with E-state index in [9.17, 15) is 9.59 Å². The number of anilines is 1. The van der Waals surface area contributed by atoms with Gasteiger partial charge in [-0.15, -0.1) is 0 Å². The maximum Gasteiger partial charge on any atom is 0.339 e. The van der Waals surface area contributed by atoms with E-state index in [1.54, 1.807) is 25.3 Å². The Balaban J connectivity index is 1.38. The molecule has 0 saturated carbocycles. The van der Waals surface area contributed by atoms with Crippen molar-refractivity contribution in [3.63, 3.8) is 0 Å². The summed E-state index contributed by atoms with van der Waals surface area (Å²) >= 11 is 0. The number of nitrogens with zero attached hydrogens (tertiary/aromatic N) is 1. The molecule has 2 unspecified atom stereocenters. The van der Waals surface area contributed by atoms with Gasteiger partial charge in [-0.1, -0.05) is 6.07 Å². The molecule has 3 aliphatic rings. The number of hydrogen-bond donors (Lipinski definition) is 1. The number of fused-ring (bicyclic) bond motifs is 3. The molecule has 6 rings (SSSR count). The molecular formula is C25H22N2O7. The number of cyclic esters (lactones) is 1. The molecule has 0 radical (unpaired) electrons. The fourth-order valence-electron chi connectivity index (χ4n) is 4.98. The van der Waals surface area contributed by atoms with Gasteiger partial charge in [0.1, 0.15) is 12.4 Å². The van der Waals surface area contributed by atoms with Gasteiger partial charge in [0, 0.05) is 23.4 Å². The standard InChI is InChI=1S/C25H22N2O7/c1-27-7-5-13-9-18-22(33-12-32-18)23(30-2)19(13)20(27)21-16-4-3-15(10-17(16)25(29)34-21)26-24(28)14-6-8-31-11-14/h3-4,6,8-11,20-21H,5,7,12H2,1-2H3,(H,26,28). The van der Waals surface area contributed by atoms with Crippen LogP contribution in [0.25, 0.3) is 0 Å². The second-order valence-corrected chi connectivity index (χ2v) is 8.49. The molecule has 174 valence electrons. The molecule has 0 aliphatic carbocycles. The summed E-state index contributed by atoms with van der Waals surface area (Å²) in [5.41, 5.74) is 4.10. The van der Waals surface area contributed by atoms with E-state index >= 15 is 0 Å². The van der Waals surface area contributed by atoms with Crippen molar-refractivity contribution in [1.82, 2.24) is 4.90 Å². The first-order valence-corrected chi connectivity index (χ1v) is 10.9. The number of likely N-dealkylation sites (N-methyl/N-ethyl adjacent to an activating group) is 1. The van der Waals surface area contributed by atoms with Crippen LogP contribution in [0.2, 0.25) is 0 Å². The number of carbonyl (C=O) groups excluding carboxylic acids is 2. The first-order valence-electron chi connectivity index (χ1n) is 10.9. The molecule has 0 saturated heterocycles. The number of esters is 1. The van der Waals surface area contributed by atoms with Crippen LogP contribution in [-0.2, 0) is 11.2 Å². The van der Waals surface area contributed by atoms with Crippen molar-refractivity contribution in [3.05, 3.63) is 70.7 Å². The highest BCUT2D eigenvalue weighted by atomic mass is 16.7. The van der Waals surface area contributed by atoms with Crippen LogP contribution in [-0.4, -0.2) is 44.3 Å². The number of methoxy groups -OCH3 is 1. The van der Waals surface area contributed by atoms with Gasteiger partial charge in [0.05, 0.1) is 30.5 Å². The van der Waals surface area contributed by atoms with Crippen molar-refractivity contribution in [3.8, 4) is 17.2 Å². The summed E-state index contributed by atoms with van der Waals surface area (Å²) in [6, 6.07) is 8.54. The van der Waals surface area contributed by atoms with Crippen LogP contribution < -0.4 is 19.5 Å². The monoisotopic (exact) mass is 462 g/mol. The van der Waals surface area contributed by atoms with Crippen LogP contribution in [0.5, 0.6) is 17.2 Å². The number of rotatable bonds is 4. The summed E-state index contributed by atoms with van der Waals surface area (Å²) in [5.74, 6) is 1.09. The first kappa shape index (κ1) is 20.6. The number of furan rings is 1. The number of amides is 1. The van der Waals surface area contributed by atoms with Gasteiger partial charge in [0.15, 0.2) is 11.5 Å². The third kappa shape index (κ3) is 3.12. The zero-order chi connectivity index (χ0) is 23.4. The third-order valence-electron chi connectivity index (χ3n) is 6.59. The zero-order valence-electron chi connectivity index (χ0n) is 18.6. The van der Waals surface area contributed by atoms with E-state index in [1.807, 2.05) is 19.2 Å². The van der Waals surface area contributed by atoms with Gasteiger partial charge < -0.3 is 28.7 Å². The van der Waals surface area contributed by atoms with Crippen molar-refractivity contribution >= 4 is 17.6 Å². The Morgan fingerprint density at radius 3 is 2.88 bits per heavy atom. The summed E-state index contributed by atoms with van der Waals surface area (Å²) in [6.07, 6.45) is 3.06. The number of carbonyl (C=O) groups is 2. The minimum Gasteiger partial charge on any atom is -0.492 e. The van der Waals surface area contributed by atoms with Crippen LogP contribution in [0, 0.1) is 0 Å². The predicted molar refractivity (Wildman–Crippen MR) is 119 cm³/mol. The number of ether oxygens (including phenoxy) is 4. The largest absolute Gasteiger partial charge is 0.492 e. The molecule has 34 heavy (non-hydrogen) atoms. The third-order valence-corrected chi connectivity index (χ3v) is 6.59. The molecular weight excluding hydrogens is 440 g/mol. The SMILES string of the molecule is COc1c2c(cc3c1C(C1OC(=O)c4cc(NC(=O)c5ccoc5)ccc41)N(C)CC3)OCO2. The van der Waals surface area contributed by atoms with E-state index in [1.165, 1.54) is 12.5 Å². The first-order chi connectivity index (χ1) is 16.5. The maximum atomic E-state index is 12.9. The van der Waals surface area contributed by atoms with E-state index in [-0.39, 0.29) is 18.7 Å². The van der Waals surface area contributed by atoms with Crippen LogP contribution in [0.15, 0.2) is 47.3 Å². The Bertz CT molecular complexity index is 1300. The van der Waals surface area contributed by atoms with E-state index in [2.05, 4.69) is 10.2 Å². The maximum absolute atomic E-state index is 12.9. The molecule has 2 atom stereocenters. The zero-order valence-corrected chi connectivity index (χ0v) is 18.6. The lowest BCUT2D eigenvalue weighted by Crippen LogP contribution is -2.36. The summed E-state index contributed by atoms with van der Waals surface area (Å²) in [5, 5.41) is 2.79. The van der Waals surface area contributed by atoms with Crippen molar-refractivity contribution in [2.45, 2.75) is 18.6 Å². The van der Waals surface area contributed by atoms with Crippen molar-refractivity contribution in [2.24, 2.45) is 0 Å². The average Bonchev–Trinajstić information content (AvgIpc) is 3.59. The molecule has 3 aliphatic heterocycles. The molecule has 0 fully saturated rings. The second-order valence-electron chi connectivity index (χ2n) is 8.49. The molecule has 0 bridgehead atoms. The lowest BCUT2D eigenvalue weighted by Gasteiger charge is -2.38. The quantitative estimate of drug-likeness (QED) is 0.586. The van der Waals surface area contributed by atoms with Gasteiger partial charge in [0.2, 0.25) is 12.5 Å². The van der Waals surface area contributed by atoms with Gasteiger partial charge >= 0.3 is 5.97 Å². The van der Waals surface area contributed by atoms with Gasteiger partial charge in [-0.2, -0.15) is 0 Å². The van der Waals surface area contributed by atoms with Gasteiger partial charge in [-0.3, -0.25) is 9.69 Å². The molecule has 9 nitrogen and oxygen atoms in total. The van der Waals surface area contributed by atoms with Crippen LogP contribution in [0.4, 0.5) is 5.69 Å². The van der Waals surface area contributed by atoms with E-state index < -0.39 is 12.1 Å². The highest BCUT2D eigenvalue weighted by Crippen LogP contribution is 2.54. The minimum atomic E-state index is -0.542. The van der Waals surface area contributed by atoms with Crippen molar-refractivity contribution in [1.29, 1.82) is 0 Å². The van der Waals surface area contributed by atoms with E-state index in [0.717, 1.165) is 29.7 Å². The van der Waals surface area contributed by atoms with Crippen molar-refractivity contribution in [2.75, 3.05) is 32.8 Å². The minimum absolute atomic E-state index is 0.143. The van der Waals surface area contributed by atoms with Gasteiger partial charge in [-0.05, 0) is 43.3 Å². The summed E-state index contributed by atoms with van der Waals surface area (Å²) in [6.45, 7) is 0.923. The molecule has 2 aromatic carbocycles. The molecule has 1 N–H and O–H groups in total. The fourth-order valence-corrected chi connectivity index (χ4v) is 4.98. The Hall–Kier alpha value is -3.98. The lowest BCUT2D eigenvalue weighted by molar-refractivity contribution is 0.00881. The fraction of sp³-hybridized carbons (Fsp3) is 0.280. The Morgan fingerprint density at radius 2 is 2.09 bits per heavy atom. The highest BCUT2D eigenvalue weighted by molar-refractivity contribution is 6.05. The summed E-state index contributed by atoms with van der Waals surface area (Å²) in [7, 11) is 3.61. The molecule has 9 heteroatoms. The lowest BCUT2D eigenvalue weighted by atomic mass is 9.85. The van der Waals surface area contributed by atoms with Gasteiger partial charge in [0.25, 0.3) is 5.91 Å². The molecule has 1 aromatic heterocycles. The topological polar surface area (TPSA) is 99.5 Å². The number of hydrogen-bond acceptors (Lipinski definition) is 8. The highest BCUT2D eigenvalue weighted by Gasteiger charge is 2.44. The van der Waals surface area contributed by atoms with Gasteiger partial charge in [-0.25, -0.2) is 4.79 Å². The van der Waals surface area contributed by atoms with E-state index in [4.69, 9.17) is 23.4 Å². The Kier molecular flexibility index (Phi) is 4.73. The summed E-state index contributed by atoms with van der Waals surface area (Å²) in [4.78, 5) is 27.4. The number of benzene rings is 2. The van der Waals surface area contributed by atoms with Crippen LogP contribution >= 0.6 is 0 Å². The van der Waals surface area contributed by atoms with Crippen LogP contribution in [0.3, 0.4) is 0 Å². The molecule has 1 amide bonds. The molecule has 4 heterocycles. The average molecular weight is 462 g/mol.